The largest absolute Gasteiger partial charge is 0.314 e. The van der Waals surface area contributed by atoms with E-state index >= 15 is 0 Å². The normalized spacial score (nSPS) is 13.5. The van der Waals surface area contributed by atoms with Crippen molar-refractivity contribution >= 4 is 16.9 Å². The van der Waals surface area contributed by atoms with Crippen LogP contribution >= 0.6 is 0 Å². The van der Waals surface area contributed by atoms with Gasteiger partial charge in [0.15, 0.2) is 0 Å². The summed E-state index contributed by atoms with van der Waals surface area (Å²) in [6, 6.07) is 73.9. The highest BCUT2D eigenvalue weighted by Gasteiger charge is 2.46. The summed E-state index contributed by atoms with van der Waals surface area (Å²) in [6.45, 7) is 8.43. The van der Waals surface area contributed by atoms with Crippen LogP contribution in [0, 0.1) is 13.8 Å². The molecule has 0 bridgehead atoms. The lowest BCUT2D eigenvalue weighted by Gasteiger charge is -2.35. The number of nitrogens with zero attached hydrogens (tertiary/aromatic N) is 1. The highest BCUT2D eigenvalue weighted by atomic mass is 15.1. The summed E-state index contributed by atoms with van der Waals surface area (Å²) < 4.78 is 0. The lowest BCUT2D eigenvalue weighted by Crippen LogP contribution is -2.29. The smallest absolute Gasteiger partial charge is 0.0714 e. The molecule has 1 nitrogen and oxygen atoms in total. The Morgan fingerprint density at radius 3 is 1.63 bits per heavy atom. The molecule has 0 aromatic heterocycles. The Balaban J connectivity index is 0.00000228. The van der Waals surface area contributed by atoms with Crippen LogP contribution in [0.5, 0.6) is 0 Å². The van der Waals surface area contributed by atoms with Gasteiger partial charge in [0, 0.05) is 17.1 Å². The Bertz CT molecular complexity index is 2790. The Hall–Kier alpha value is -6.96. The number of hydrogen-bond donors (Lipinski definition) is 0. The van der Waals surface area contributed by atoms with Crippen molar-refractivity contribution in [2.75, 3.05) is 4.90 Å². The quantitative estimate of drug-likeness (QED) is 0.149. The lowest BCUT2D eigenvalue weighted by molar-refractivity contribution is 0.768. The molecule has 1 heteroatoms. The summed E-state index contributed by atoms with van der Waals surface area (Å²) in [6.07, 6.45) is 6.74. The van der Waals surface area contributed by atoms with Crippen molar-refractivity contribution in [3.63, 3.8) is 0 Å². The van der Waals surface area contributed by atoms with E-state index in [9.17, 15) is 0 Å². The number of allylic oxidation sites excluding steroid dienone is 4. The molecule has 0 amide bonds. The number of aryl methyl sites for hydroxylation is 2. The minimum atomic E-state index is -0.479. The summed E-state index contributed by atoms with van der Waals surface area (Å²) in [5.41, 5.74) is 21.0. The highest BCUT2D eigenvalue weighted by Crippen LogP contribution is 2.57. The maximum atomic E-state index is 2.52. The molecule has 0 saturated heterocycles. The van der Waals surface area contributed by atoms with Crippen LogP contribution in [0.15, 0.2) is 218 Å². The first-order valence-corrected chi connectivity index (χ1v) is 21.5. The molecule has 60 heavy (non-hydrogen) atoms. The maximum Gasteiger partial charge on any atom is 0.0714 e. The lowest BCUT2D eigenvalue weighted by atomic mass is 9.67. The fourth-order valence-corrected chi connectivity index (χ4v) is 9.52. The van der Waals surface area contributed by atoms with Crippen molar-refractivity contribution in [3.8, 4) is 33.4 Å². The number of anilines is 2. The van der Waals surface area contributed by atoms with Gasteiger partial charge in [-0.25, -0.2) is 0 Å². The fourth-order valence-electron chi connectivity index (χ4n) is 9.52. The summed E-state index contributed by atoms with van der Waals surface area (Å²) in [5, 5.41) is 0. The fraction of sp³-hybridized carbons (Fsp3) is 0.119. The second kappa shape index (κ2) is 16.7. The van der Waals surface area contributed by atoms with E-state index in [2.05, 4.69) is 231 Å². The van der Waals surface area contributed by atoms with Crippen LogP contribution in [0.2, 0.25) is 0 Å². The van der Waals surface area contributed by atoms with Gasteiger partial charge in [-0.3, -0.25) is 0 Å². The summed E-state index contributed by atoms with van der Waals surface area (Å²) >= 11 is 0. The average Bonchev–Trinajstić information content (AvgIpc) is 3.62. The molecule has 0 heterocycles. The Morgan fingerprint density at radius 2 is 0.950 bits per heavy atom. The number of hydrogen-bond acceptors (Lipinski definition) is 1. The van der Waals surface area contributed by atoms with Gasteiger partial charge in [0.2, 0.25) is 0 Å². The Kier molecular flexibility index (Phi) is 10.7. The van der Waals surface area contributed by atoms with Crippen LogP contribution in [-0.2, 0) is 5.41 Å². The third kappa shape index (κ3) is 6.81. The summed E-state index contributed by atoms with van der Waals surface area (Å²) in [4.78, 5) is 2.52. The van der Waals surface area contributed by atoms with Gasteiger partial charge >= 0.3 is 0 Å². The molecule has 8 aromatic carbocycles. The van der Waals surface area contributed by atoms with Gasteiger partial charge < -0.3 is 4.90 Å². The van der Waals surface area contributed by atoms with Crippen LogP contribution in [0.1, 0.15) is 65.6 Å². The van der Waals surface area contributed by atoms with Gasteiger partial charge in [-0.1, -0.05) is 190 Å². The average molecular weight is 774 g/mol. The SMILES string of the molecule is CC.Cc1ccccc1-c1cc(C2=CCCC(N(c3ccc(-c4ccccc4)cc3)c3ccc4c(c3)C(c3ccccc3)(c3ccccc3)c3ccccc3-4)=C2)ccc1C. The van der Waals surface area contributed by atoms with Crippen molar-refractivity contribution in [2.45, 2.75) is 46.0 Å². The number of rotatable bonds is 8. The van der Waals surface area contributed by atoms with Crippen LogP contribution < -0.4 is 4.90 Å². The molecule has 2 aliphatic rings. The summed E-state index contributed by atoms with van der Waals surface area (Å²) in [7, 11) is 0. The molecule has 292 valence electrons. The van der Waals surface area contributed by atoms with Gasteiger partial charge in [-0.2, -0.15) is 0 Å². The third-order valence-corrected chi connectivity index (χ3v) is 12.3. The van der Waals surface area contributed by atoms with Crippen molar-refractivity contribution in [1.82, 2.24) is 0 Å². The second-order valence-electron chi connectivity index (χ2n) is 15.7. The molecule has 0 N–H and O–H groups in total. The van der Waals surface area contributed by atoms with Crippen LogP contribution in [-0.4, -0.2) is 0 Å². The molecule has 0 unspecified atom stereocenters. The molecule has 2 aliphatic carbocycles. The van der Waals surface area contributed by atoms with Crippen molar-refractivity contribution in [1.29, 1.82) is 0 Å². The number of benzene rings is 8. The van der Waals surface area contributed by atoms with Crippen molar-refractivity contribution in [2.24, 2.45) is 0 Å². The zero-order valence-electron chi connectivity index (χ0n) is 35.1. The monoisotopic (exact) mass is 773 g/mol. The minimum absolute atomic E-state index is 0.479. The molecule has 0 atom stereocenters. The maximum absolute atomic E-state index is 2.52. The predicted molar refractivity (Wildman–Crippen MR) is 256 cm³/mol. The molecular weight excluding hydrogens is 723 g/mol. The van der Waals surface area contributed by atoms with E-state index in [0.717, 1.165) is 24.2 Å². The molecule has 0 fully saturated rings. The van der Waals surface area contributed by atoms with Gasteiger partial charge in [0.1, 0.15) is 0 Å². The van der Waals surface area contributed by atoms with E-state index in [0.29, 0.717) is 0 Å². The third-order valence-electron chi connectivity index (χ3n) is 12.3. The Morgan fingerprint density at radius 1 is 0.417 bits per heavy atom. The van der Waals surface area contributed by atoms with E-state index in [1.807, 2.05) is 13.8 Å². The van der Waals surface area contributed by atoms with E-state index in [1.165, 1.54) is 83.6 Å². The van der Waals surface area contributed by atoms with Crippen molar-refractivity contribution < 1.29 is 0 Å². The standard InChI is InChI=1S/C57H45N.C2H6/c1-40-17-12-13-26-51(40)54-38-45(30-29-41(54)2)44-20-16-25-49(37-44)58(48-33-31-43(32-34-48)42-18-6-3-7-19-42)50-35-36-53-52-27-14-15-28-55(52)57(56(53)39-50,46-21-8-4-9-22-46)47-23-10-5-11-24-47;1-2/h3-15,17-24,26-39H,16,25H2,1-2H3;1-2H3. The van der Waals surface area contributed by atoms with Crippen LogP contribution in [0.4, 0.5) is 11.4 Å². The molecule has 10 rings (SSSR count). The van der Waals surface area contributed by atoms with Crippen molar-refractivity contribution in [3.05, 3.63) is 257 Å². The van der Waals surface area contributed by atoms with E-state index < -0.39 is 5.41 Å². The first-order chi connectivity index (χ1) is 29.6. The van der Waals surface area contributed by atoms with Gasteiger partial charge in [-0.05, 0) is 141 Å². The molecule has 0 saturated carbocycles. The molecule has 0 radical (unpaired) electrons. The first kappa shape index (κ1) is 38.6. The van der Waals surface area contributed by atoms with Crippen LogP contribution in [0.25, 0.3) is 39.0 Å². The van der Waals surface area contributed by atoms with E-state index in [4.69, 9.17) is 0 Å². The Labute approximate surface area is 356 Å². The van der Waals surface area contributed by atoms with Crippen LogP contribution in [0.3, 0.4) is 0 Å². The zero-order chi connectivity index (χ0) is 41.1. The first-order valence-electron chi connectivity index (χ1n) is 21.5. The summed E-state index contributed by atoms with van der Waals surface area (Å²) in [5.74, 6) is 0. The topological polar surface area (TPSA) is 3.24 Å². The molecule has 8 aromatic rings. The van der Waals surface area contributed by atoms with Gasteiger partial charge in [0.25, 0.3) is 0 Å². The zero-order valence-corrected chi connectivity index (χ0v) is 35.1. The van der Waals surface area contributed by atoms with E-state index in [-0.39, 0.29) is 0 Å². The second-order valence-corrected chi connectivity index (χ2v) is 15.7. The minimum Gasteiger partial charge on any atom is -0.314 e. The molecular formula is C59H51N. The van der Waals surface area contributed by atoms with Gasteiger partial charge in [-0.15, -0.1) is 0 Å². The highest BCUT2D eigenvalue weighted by molar-refractivity contribution is 5.89. The van der Waals surface area contributed by atoms with E-state index in [1.54, 1.807) is 0 Å². The molecule has 0 aliphatic heterocycles. The molecule has 0 spiro atoms. The number of fused-ring (bicyclic) bond motifs is 3. The van der Waals surface area contributed by atoms with Gasteiger partial charge in [0.05, 0.1) is 5.41 Å². The predicted octanol–water partition coefficient (Wildman–Crippen LogP) is 15.9.